The van der Waals surface area contributed by atoms with Crippen LogP contribution in [0.1, 0.15) is 5.69 Å². The van der Waals surface area contributed by atoms with Gasteiger partial charge in [0.1, 0.15) is 0 Å². The van der Waals surface area contributed by atoms with Crippen LogP contribution < -0.4 is 0 Å². The van der Waals surface area contributed by atoms with E-state index < -0.39 is 4.92 Å². The number of aryl methyl sites for hydroxylation is 1. The highest BCUT2D eigenvalue weighted by molar-refractivity contribution is 9.09. The van der Waals surface area contributed by atoms with Crippen LogP contribution in [-0.4, -0.2) is 20.0 Å². The Hall–Kier alpha value is -0.910. The Morgan fingerprint density at radius 3 is 2.92 bits per heavy atom. The van der Waals surface area contributed by atoms with Gasteiger partial charge in [-0.1, -0.05) is 15.9 Å². The molecule has 12 heavy (non-hydrogen) atoms. The molecule has 0 bridgehead atoms. The average molecular weight is 233 g/mol. The zero-order valence-corrected chi connectivity index (χ0v) is 7.82. The van der Waals surface area contributed by atoms with E-state index in [0.717, 1.165) is 0 Å². The number of nitro groups is 1. The maximum atomic E-state index is 10.3. The first kappa shape index (κ1) is 9.18. The van der Waals surface area contributed by atoms with Crippen molar-refractivity contribution >= 4 is 21.7 Å². The van der Waals surface area contributed by atoms with Crippen molar-refractivity contribution in [3.05, 3.63) is 28.8 Å². The number of aromatic nitrogens is 2. The van der Waals surface area contributed by atoms with Crippen LogP contribution in [0, 0.1) is 17.0 Å². The van der Waals surface area contributed by atoms with E-state index in [1.807, 2.05) is 0 Å². The minimum absolute atomic E-state index is 0.152. The Bertz CT molecular complexity index is 297. The van der Waals surface area contributed by atoms with Gasteiger partial charge in [-0.05, 0) is 11.8 Å². The van der Waals surface area contributed by atoms with Crippen LogP contribution in [0.15, 0.2) is 6.07 Å². The predicted octanol–water partition coefficient (Wildman–Crippen LogP) is 1.37. The van der Waals surface area contributed by atoms with E-state index in [2.05, 4.69) is 28.0 Å². The molecule has 1 rings (SSSR count). The van der Waals surface area contributed by atoms with Crippen LogP contribution in [-0.2, 0) is 6.54 Å². The largest absolute Gasteiger partial charge is 0.390 e. The van der Waals surface area contributed by atoms with E-state index in [9.17, 15) is 10.1 Å². The standard InChI is InChI=1S/C6H7BrN3O2/c1-5-4-6(10(11)12)8-9(5)3-2-7/h4H,1-3H2. The van der Waals surface area contributed by atoms with Crippen LogP contribution in [0.2, 0.25) is 0 Å². The molecular formula is C6H7BrN3O2. The predicted molar refractivity (Wildman–Crippen MR) is 47.1 cm³/mol. The summed E-state index contributed by atoms with van der Waals surface area (Å²) < 4.78 is 1.49. The second-order valence-corrected chi connectivity index (χ2v) is 2.96. The third-order valence-corrected chi connectivity index (χ3v) is 1.69. The summed E-state index contributed by atoms with van der Waals surface area (Å²) in [6, 6.07) is 1.35. The first-order chi connectivity index (χ1) is 5.65. The van der Waals surface area contributed by atoms with E-state index in [-0.39, 0.29) is 5.82 Å². The molecule has 6 heteroatoms. The Morgan fingerprint density at radius 2 is 2.50 bits per heavy atom. The summed E-state index contributed by atoms with van der Waals surface area (Å²) in [5.74, 6) is -0.152. The van der Waals surface area contributed by atoms with Gasteiger partial charge in [-0.25, -0.2) is 0 Å². The summed E-state index contributed by atoms with van der Waals surface area (Å²) in [5.41, 5.74) is 0.557. The van der Waals surface area contributed by atoms with Crippen molar-refractivity contribution in [3.8, 4) is 0 Å². The van der Waals surface area contributed by atoms with Crippen molar-refractivity contribution in [1.29, 1.82) is 0 Å². The number of halogens is 1. The van der Waals surface area contributed by atoms with E-state index in [0.29, 0.717) is 17.6 Å². The van der Waals surface area contributed by atoms with E-state index in [1.165, 1.54) is 10.7 Å². The monoisotopic (exact) mass is 232 g/mol. The molecule has 1 heterocycles. The van der Waals surface area contributed by atoms with Crippen LogP contribution in [0.4, 0.5) is 5.82 Å². The summed E-state index contributed by atoms with van der Waals surface area (Å²) in [6.07, 6.45) is 0. The summed E-state index contributed by atoms with van der Waals surface area (Å²) in [4.78, 5) is 9.73. The Kier molecular flexibility index (Phi) is 2.80. The van der Waals surface area contributed by atoms with Crippen molar-refractivity contribution in [3.63, 3.8) is 0 Å². The summed E-state index contributed by atoms with van der Waals surface area (Å²) in [7, 11) is 0. The molecular weight excluding hydrogens is 226 g/mol. The van der Waals surface area contributed by atoms with Crippen LogP contribution in [0.25, 0.3) is 0 Å². The SMILES string of the molecule is [CH2]c1cc([N+](=O)[O-])nn1CCBr. The van der Waals surface area contributed by atoms with E-state index in [1.54, 1.807) is 0 Å². The quantitative estimate of drug-likeness (QED) is 0.450. The molecule has 0 aromatic carbocycles. The molecule has 0 spiro atoms. The fourth-order valence-electron chi connectivity index (χ4n) is 0.803. The van der Waals surface area contributed by atoms with Crippen LogP contribution in [0.5, 0.6) is 0 Å². The smallest absolute Gasteiger partial charge is 0.358 e. The highest BCUT2D eigenvalue weighted by atomic mass is 79.9. The first-order valence-corrected chi connectivity index (χ1v) is 4.37. The van der Waals surface area contributed by atoms with Gasteiger partial charge in [0.25, 0.3) is 0 Å². The van der Waals surface area contributed by atoms with Crippen LogP contribution >= 0.6 is 15.9 Å². The van der Waals surface area contributed by atoms with Gasteiger partial charge in [-0.3, -0.25) is 0 Å². The maximum Gasteiger partial charge on any atom is 0.390 e. The minimum atomic E-state index is -0.528. The molecule has 1 aromatic rings. The molecule has 0 saturated carbocycles. The minimum Gasteiger partial charge on any atom is -0.358 e. The molecule has 0 aliphatic carbocycles. The van der Waals surface area contributed by atoms with Gasteiger partial charge >= 0.3 is 5.82 Å². The van der Waals surface area contributed by atoms with Crippen LogP contribution in [0.3, 0.4) is 0 Å². The lowest BCUT2D eigenvalue weighted by atomic mass is 10.4. The molecule has 0 N–H and O–H groups in total. The summed E-state index contributed by atoms with van der Waals surface area (Å²) in [5, 5.41) is 14.7. The molecule has 0 aliphatic heterocycles. The van der Waals surface area contributed by atoms with Crippen molar-refractivity contribution in [2.75, 3.05) is 5.33 Å². The van der Waals surface area contributed by atoms with Gasteiger partial charge in [0, 0.05) is 5.33 Å². The molecule has 0 aliphatic rings. The molecule has 5 nitrogen and oxygen atoms in total. The molecule has 1 aromatic heterocycles. The molecule has 0 unspecified atom stereocenters. The van der Waals surface area contributed by atoms with Gasteiger partial charge in [-0.15, -0.1) is 0 Å². The van der Waals surface area contributed by atoms with Gasteiger partial charge in [0.05, 0.1) is 23.4 Å². The highest BCUT2D eigenvalue weighted by Crippen LogP contribution is 2.10. The molecule has 1 radical (unpaired) electrons. The molecule has 65 valence electrons. The van der Waals surface area contributed by atoms with Crippen molar-refractivity contribution in [2.45, 2.75) is 6.54 Å². The number of hydrogen-bond acceptors (Lipinski definition) is 3. The zero-order valence-electron chi connectivity index (χ0n) is 6.23. The number of alkyl halides is 1. The Morgan fingerprint density at radius 1 is 1.83 bits per heavy atom. The Labute approximate surface area is 77.7 Å². The molecule has 0 atom stereocenters. The normalized spacial score (nSPS) is 10.2. The van der Waals surface area contributed by atoms with Crippen molar-refractivity contribution in [1.82, 2.24) is 9.78 Å². The summed E-state index contributed by atoms with van der Waals surface area (Å²) >= 11 is 3.21. The van der Waals surface area contributed by atoms with Gasteiger partial charge in [0.15, 0.2) is 0 Å². The number of hydrogen-bond donors (Lipinski definition) is 0. The van der Waals surface area contributed by atoms with Gasteiger partial charge < -0.3 is 10.1 Å². The second kappa shape index (κ2) is 3.66. The lowest BCUT2D eigenvalue weighted by Crippen LogP contribution is -2.03. The Balaban J connectivity index is 2.92. The fourth-order valence-corrected chi connectivity index (χ4v) is 1.14. The molecule has 0 fully saturated rings. The number of nitrogens with zero attached hydrogens (tertiary/aromatic N) is 3. The molecule has 0 saturated heterocycles. The number of rotatable bonds is 3. The van der Waals surface area contributed by atoms with Crippen molar-refractivity contribution < 1.29 is 4.92 Å². The van der Waals surface area contributed by atoms with E-state index >= 15 is 0 Å². The third-order valence-electron chi connectivity index (χ3n) is 1.33. The molecule has 0 amide bonds. The van der Waals surface area contributed by atoms with Gasteiger partial charge in [-0.2, -0.15) is 4.68 Å². The lowest BCUT2D eigenvalue weighted by molar-refractivity contribution is -0.389. The second-order valence-electron chi connectivity index (χ2n) is 2.16. The zero-order chi connectivity index (χ0) is 9.14. The highest BCUT2D eigenvalue weighted by Gasteiger charge is 2.13. The van der Waals surface area contributed by atoms with Crippen molar-refractivity contribution in [2.24, 2.45) is 0 Å². The maximum absolute atomic E-state index is 10.3. The van der Waals surface area contributed by atoms with Gasteiger partial charge in [0.2, 0.25) is 0 Å². The third kappa shape index (κ3) is 1.82. The topological polar surface area (TPSA) is 61.0 Å². The van der Waals surface area contributed by atoms with E-state index in [4.69, 9.17) is 0 Å². The summed E-state index contributed by atoms with van der Waals surface area (Å²) in [6.45, 7) is 4.21. The lowest BCUT2D eigenvalue weighted by Gasteiger charge is -1.91. The average Bonchev–Trinajstić information content (AvgIpc) is 2.34. The first-order valence-electron chi connectivity index (χ1n) is 3.25. The fraction of sp³-hybridized carbons (Fsp3) is 0.333.